The molecule has 35 heavy (non-hydrogen) atoms. The van der Waals surface area contributed by atoms with E-state index in [-0.39, 0.29) is 0 Å². The Morgan fingerprint density at radius 1 is 0.886 bits per heavy atom. The summed E-state index contributed by atoms with van der Waals surface area (Å²) in [6.07, 6.45) is 14.9. The van der Waals surface area contributed by atoms with E-state index in [0.29, 0.717) is 0 Å². The van der Waals surface area contributed by atoms with Crippen LogP contribution >= 0.6 is 0 Å². The summed E-state index contributed by atoms with van der Waals surface area (Å²) >= 11 is 0. The molecule has 1 aromatic rings. The van der Waals surface area contributed by atoms with Crippen molar-refractivity contribution in [3.05, 3.63) is 70.5 Å². The van der Waals surface area contributed by atoms with Gasteiger partial charge in [-0.1, -0.05) is 95.0 Å². The van der Waals surface area contributed by atoms with Crippen LogP contribution in [0.1, 0.15) is 89.3 Å². The first-order valence-electron chi connectivity index (χ1n) is 13.6. The molecule has 0 saturated carbocycles. The van der Waals surface area contributed by atoms with Gasteiger partial charge in [0.25, 0.3) is 0 Å². The highest BCUT2D eigenvalue weighted by atomic mass is 15.4. The summed E-state index contributed by atoms with van der Waals surface area (Å²) in [6.45, 7) is 19.5. The smallest absolute Gasteiger partial charge is 0.149 e. The van der Waals surface area contributed by atoms with Crippen molar-refractivity contribution in [2.75, 3.05) is 20.1 Å². The molecular formula is C31H48N4. The van der Waals surface area contributed by atoms with Crippen LogP contribution in [0.5, 0.6) is 0 Å². The van der Waals surface area contributed by atoms with Gasteiger partial charge in [-0.05, 0) is 55.2 Å². The zero-order chi connectivity index (χ0) is 25.6. The molecule has 192 valence electrons. The topological polar surface area (TPSA) is 31.2 Å². The lowest BCUT2D eigenvalue weighted by atomic mass is 9.96. The molecule has 0 aromatic heterocycles. The number of allylic oxidation sites excluding steroid dienone is 3. The number of hydrogen-bond donors (Lipinski definition) is 0. The second-order valence-corrected chi connectivity index (χ2v) is 9.55. The molecular weight excluding hydrogens is 428 g/mol. The average molecular weight is 477 g/mol. The van der Waals surface area contributed by atoms with Crippen molar-refractivity contribution in [3.63, 3.8) is 0 Å². The monoisotopic (exact) mass is 476 g/mol. The fourth-order valence-electron chi connectivity index (χ4n) is 4.52. The second-order valence-electron chi connectivity index (χ2n) is 9.55. The number of hydrazone groups is 1. The van der Waals surface area contributed by atoms with Gasteiger partial charge in [-0.15, -0.1) is 0 Å². The van der Waals surface area contributed by atoms with Crippen molar-refractivity contribution < 1.29 is 0 Å². The molecule has 1 aliphatic rings. The Bertz CT molecular complexity index is 922. The first-order valence-corrected chi connectivity index (χ1v) is 13.6. The van der Waals surface area contributed by atoms with Gasteiger partial charge in [0.05, 0.1) is 5.70 Å². The van der Waals surface area contributed by atoms with Gasteiger partial charge >= 0.3 is 0 Å². The highest BCUT2D eigenvalue weighted by molar-refractivity contribution is 5.97. The largest absolute Gasteiger partial charge is 0.347 e. The van der Waals surface area contributed by atoms with Gasteiger partial charge < -0.3 is 4.90 Å². The van der Waals surface area contributed by atoms with Gasteiger partial charge in [-0.25, -0.2) is 0 Å². The van der Waals surface area contributed by atoms with Crippen molar-refractivity contribution in [1.82, 2.24) is 9.91 Å². The van der Waals surface area contributed by atoms with Crippen LogP contribution < -0.4 is 0 Å². The molecule has 0 saturated heterocycles. The molecule has 0 aliphatic heterocycles. The average Bonchev–Trinajstić information content (AvgIpc) is 2.90. The SMILES string of the molecule is C=NN(C)C(=C)C(=NCCCCCC)N(CC1=CC=C(CC)CC1)Cc1ccc(CC)cc1CC. The van der Waals surface area contributed by atoms with Crippen LogP contribution in [0.4, 0.5) is 0 Å². The molecule has 1 aliphatic carbocycles. The summed E-state index contributed by atoms with van der Waals surface area (Å²) in [7, 11) is 1.91. The van der Waals surface area contributed by atoms with Crippen LogP contribution in [0, 0.1) is 0 Å². The maximum Gasteiger partial charge on any atom is 0.149 e. The Hall–Kier alpha value is -2.62. The van der Waals surface area contributed by atoms with Crippen LogP contribution in [0.2, 0.25) is 0 Å². The Morgan fingerprint density at radius 3 is 2.23 bits per heavy atom. The molecule has 4 heteroatoms. The molecule has 0 heterocycles. The molecule has 4 nitrogen and oxygen atoms in total. The predicted octanol–water partition coefficient (Wildman–Crippen LogP) is 7.71. The van der Waals surface area contributed by atoms with Gasteiger partial charge in [-0.2, -0.15) is 5.10 Å². The molecule has 0 N–H and O–H groups in total. The van der Waals surface area contributed by atoms with E-state index in [1.54, 1.807) is 5.01 Å². The zero-order valence-corrected chi connectivity index (χ0v) is 23.1. The van der Waals surface area contributed by atoms with Crippen LogP contribution in [-0.2, 0) is 19.4 Å². The van der Waals surface area contributed by atoms with E-state index in [9.17, 15) is 0 Å². The van der Waals surface area contributed by atoms with E-state index >= 15 is 0 Å². The van der Waals surface area contributed by atoms with Crippen molar-refractivity contribution in [1.29, 1.82) is 0 Å². The van der Waals surface area contributed by atoms with Crippen molar-refractivity contribution in [3.8, 4) is 0 Å². The molecule has 0 fully saturated rings. The molecule has 1 aromatic carbocycles. The number of likely N-dealkylation sites (N-methyl/N-ethyl adjacent to an activating group) is 1. The van der Waals surface area contributed by atoms with Gasteiger partial charge in [0.15, 0.2) is 0 Å². The number of unbranched alkanes of at least 4 members (excludes halogenated alkanes) is 3. The third-order valence-corrected chi connectivity index (χ3v) is 7.02. The van der Waals surface area contributed by atoms with Crippen LogP contribution in [0.25, 0.3) is 0 Å². The first-order chi connectivity index (χ1) is 17.0. The lowest BCUT2D eigenvalue weighted by Gasteiger charge is -2.32. The Labute approximate surface area is 215 Å². The quantitative estimate of drug-likeness (QED) is 0.112. The minimum atomic E-state index is 0.805. The fourth-order valence-corrected chi connectivity index (χ4v) is 4.52. The second kappa shape index (κ2) is 15.4. The normalized spacial score (nSPS) is 13.8. The Balaban J connectivity index is 2.43. The van der Waals surface area contributed by atoms with E-state index in [2.05, 4.69) is 81.3 Å². The number of benzene rings is 1. The lowest BCUT2D eigenvalue weighted by Crippen LogP contribution is -2.37. The Kier molecular flexibility index (Phi) is 12.6. The minimum absolute atomic E-state index is 0.805. The number of aliphatic imine (C=N–C) groups is 1. The first kappa shape index (κ1) is 28.6. The molecule has 0 bridgehead atoms. The number of rotatable bonds is 15. The van der Waals surface area contributed by atoms with Crippen LogP contribution in [-0.4, -0.2) is 42.6 Å². The van der Waals surface area contributed by atoms with E-state index < -0.39 is 0 Å². The fraction of sp³-hybridized carbons (Fsp3) is 0.548. The highest BCUT2D eigenvalue weighted by Crippen LogP contribution is 2.24. The van der Waals surface area contributed by atoms with Crippen LogP contribution in [0.15, 0.2) is 63.9 Å². The summed E-state index contributed by atoms with van der Waals surface area (Å²) in [5, 5.41) is 5.89. The van der Waals surface area contributed by atoms with Crippen molar-refractivity contribution in [2.24, 2.45) is 10.1 Å². The van der Waals surface area contributed by atoms with E-state index in [1.165, 1.54) is 47.1 Å². The Morgan fingerprint density at radius 2 is 1.63 bits per heavy atom. The third-order valence-electron chi connectivity index (χ3n) is 7.02. The van der Waals surface area contributed by atoms with Gasteiger partial charge in [0, 0.05) is 33.4 Å². The number of amidine groups is 1. The van der Waals surface area contributed by atoms with Gasteiger partial charge in [0.1, 0.15) is 5.84 Å². The van der Waals surface area contributed by atoms with Crippen LogP contribution in [0.3, 0.4) is 0 Å². The molecule has 0 amide bonds. The third kappa shape index (κ3) is 8.83. The van der Waals surface area contributed by atoms with E-state index in [1.807, 2.05) is 7.05 Å². The number of hydrogen-bond acceptors (Lipinski definition) is 3. The van der Waals surface area contributed by atoms with Gasteiger partial charge in [0.2, 0.25) is 0 Å². The maximum atomic E-state index is 5.12. The summed E-state index contributed by atoms with van der Waals surface area (Å²) < 4.78 is 0. The summed E-state index contributed by atoms with van der Waals surface area (Å²) in [5.74, 6) is 0.934. The van der Waals surface area contributed by atoms with E-state index in [0.717, 1.165) is 69.7 Å². The number of nitrogens with zero attached hydrogens (tertiary/aromatic N) is 4. The van der Waals surface area contributed by atoms with Crippen molar-refractivity contribution >= 4 is 12.6 Å². The minimum Gasteiger partial charge on any atom is -0.347 e. The summed E-state index contributed by atoms with van der Waals surface area (Å²) in [5.41, 5.74) is 7.98. The molecule has 0 spiro atoms. The van der Waals surface area contributed by atoms with E-state index in [4.69, 9.17) is 4.99 Å². The lowest BCUT2D eigenvalue weighted by molar-refractivity contribution is 0.405. The maximum absolute atomic E-state index is 5.12. The summed E-state index contributed by atoms with van der Waals surface area (Å²) in [4.78, 5) is 7.54. The predicted molar refractivity (Wildman–Crippen MR) is 154 cm³/mol. The highest BCUT2D eigenvalue weighted by Gasteiger charge is 2.21. The molecule has 0 unspecified atom stereocenters. The molecule has 0 atom stereocenters. The summed E-state index contributed by atoms with van der Waals surface area (Å²) in [6, 6.07) is 6.96. The standard InChI is InChI=1S/C31H48N4/c1-8-12-13-14-21-33-31(25(5)34(7)32-6)35(23-28-17-15-26(9-2)16-18-28)24-30-20-19-27(10-3)22-29(30)11-4/h15,17,19-20,22H,5-6,8-14,16,18,21,23-24H2,1-4,7H3. The van der Waals surface area contributed by atoms with Crippen molar-refractivity contribution in [2.45, 2.75) is 92.0 Å². The molecule has 2 rings (SSSR count). The zero-order valence-electron chi connectivity index (χ0n) is 23.1. The van der Waals surface area contributed by atoms with Gasteiger partial charge in [-0.3, -0.25) is 10.0 Å². The molecule has 0 radical (unpaired) electrons. The number of aryl methyl sites for hydroxylation is 2.